The molecule has 2 aliphatic rings. The quantitative estimate of drug-likeness (QED) is 0.383. The molecule has 0 spiro atoms. The molecule has 0 aliphatic carbocycles. The van der Waals surface area contributed by atoms with Crippen molar-refractivity contribution in [1.29, 1.82) is 5.26 Å². The first-order valence-electron chi connectivity index (χ1n) is 12.1. The third-order valence-corrected chi connectivity index (χ3v) is 8.59. The normalized spacial score (nSPS) is 24.2. The summed E-state index contributed by atoms with van der Waals surface area (Å²) in [5, 5.41) is 12.2. The summed E-state index contributed by atoms with van der Waals surface area (Å²) in [7, 11) is 0. The maximum Gasteiger partial charge on any atom is 0.118 e. The Kier molecular flexibility index (Phi) is 4.67. The largest absolute Gasteiger partial charge is 0.358 e. The summed E-state index contributed by atoms with van der Waals surface area (Å²) < 4.78 is 1.14. The number of rotatable bonds is 6. The zero-order valence-electron chi connectivity index (χ0n) is 19.0. The fraction of sp³-hybridized carbons (Fsp3) is 0.300. The maximum atomic E-state index is 10.9. The van der Waals surface area contributed by atoms with E-state index in [0.717, 1.165) is 48.0 Å². The van der Waals surface area contributed by atoms with Gasteiger partial charge in [-0.25, -0.2) is 0 Å². The Morgan fingerprint density at radius 3 is 2.06 bits per heavy atom. The van der Waals surface area contributed by atoms with Crippen molar-refractivity contribution in [3.8, 4) is 6.07 Å². The van der Waals surface area contributed by atoms with E-state index in [1.807, 2.05) is 0 Å². The van der Waals surface area contributed by atoms with Crippen LogP contribution in [-0.2, 0) is 11.8 Å². The minimum atomic E-state index is -0.604. The summed E-state index contributed by atoms with van der Waals surface area (Å²) in [6.45, 7) is 4.57. The molecule has 1 N–H and O–H groups in total. The number of hydrogen-bond donors (Lipinski definition) is 1. The molecule has 2 fully saturated rings. The first kappa shape index (κ1) is 20.3. The van der Waals surface area contributed by atoms with E-state index in [1.165, 1.54) is 29.7 Å². The van der Waals surface area contributed by atoms with Crippen molar-refractivity contribution in [2.75, 3.05) is 26.2 Å². The van der Waals surface area contributed by atoms with Crippen LogP contribution in [0.5, 0.6) is 0 Å². The molecule has 164 valence electrons. The molecule has 3 aromatic carbocycles. The van der Waals surface area contributed by atoms with Gasteiger partial charge in [0.15, 0.2) is 0 Å². The molecule has 6 rings (SSSR count). The van der Waals surface area contributed by atoms with E-state index < -0.39 is 5.41 Å². The van der Waals surface area contributed by atoms with Crippen LogP contribution in [0.2, 0.25) is 0 Å². The van der Waals surface area contributed by atoms with Crippen molar-refractivity contribution in [3.05, 3.63) is 108 Å². The summed E-state index contributed by atoms with van der Waals surface area (Å²) in [6, 6.07) is 34.9. The van der Waals surface area contributed by atoms with Crippen LogP contribution in [0.1, 0.15) is 29.7 Å². The van der Waals surface area contributed by atoms with Gasteiger partial charge in [0.25, 0.3) is 0 Å². The van der Waals surface area contributed by atoms with E-state index in [1.54, 1.807) is 0 Å². The molecule has 2 bridgehead atoms. The highest BCUT2D eigenvalue weighted by molar-refractivity contribution is 5.80. The lowest BCUT2D eigenvalue weighted by Gasteiger charge is -2.41. The zero-order chi connectivity index (χ0) is 22.4. The maximum absolute atomic E-state index is 10.9. The van der Waals surface area contributed by atoms with Crippen molar-refractivity contribution in [1.82, 2.24) is 4.98 Å². The van der Waals surface area contributed by atoms with E-state index in [4.69, 9.17) is 0 Å². The molecular weight excluding hydrogens is 402 g/mol. The van der Waals surface area contributed by atoms with Gasteiger partial charge in [-0.3, -0.25) is 0 Å². The Hall–Kier alpha value is -3.35. The van der Waals surface area contributed by atoms with Crippen LogP contribution in [0.4, 0.5) is 0 Å². The second kappa shape index (κ2) is 7.61. The van der Waals surface area contributed by atoms with Gasteiger partial charge >= 0.3 is 0 Å². The number of para-hydroxylation sites is 1. The second-order valence-corrected chi connectivity index (χ2v) is 10.2. The van der Waals surface area contributed by atoms with Gasteiger partial charge in [0.2, 0.25) is 0 Å². The average Bonchev–Trinajstić information content (AvgIpc) is 3.57. The van der Waals surface area contributed by atoms with E-state index in [9.17, 15) is 5.26 Å². The Bertz CT molecular complexity index is 1230. The smallest absolute Gasteiger partial charge is 0.118 e. The van der Waals surface area contributed by atoms with Crippen LogP contribution >= 0.6 is 0 Å². The Morgan fingerprint density at radius 1 is 0.848 bits per heavy atom. The molecular formula is C30H30N3+. The number of nitrogens with zero attached hydrogens (tertiary/aromatic N) is 2. The third kappa shape index (κ3) is 3.05. The molecule has 0 atom stereocenters. The van der Waals surface area contributed by atoms with Crippen molar-refractivity contribution < 1.29 is 4.48 Å². The number of hydrogen-bond acceptors (Lipinski definition) is 1. The molecule has 0 amide bonds. The van der Waals surface area contributed by atoms with Crippen LogP contribution in [0.15, 0.2) is 91.0 Å². The molecule has 0 unspecified atom stereocenters. The molecule has 3 heterocycles. The summed E-state index contributed by atoms with van der Waals surface area (Å²) in [5.41, 5.74) is 4.22. The lowest BCUT2D eigenvalue weighted by Crippen LogP contribution is -2.46. The SMILES string of the molecule is N#CC(c1ccccc1)(c1ccccc1)C12CC[N+](CCc3cc4ccccc4[nH]3)(CC1)C2. The summed E-state index contributed by atoms with van der Waals surface area (Å²) in [6.07, 6.45) is 3.27. The highest BCUT2D eigenvalue weighted by Crippen LogP contribution is 2.59. The lowest BCUT2D eigenvalue weighted by molar-refractivity contribution is -0.909. The summed E-state index contributed by atoms with van der Waals surface area (Å²) in [5.74, 6) is 0. The molecule has 2 aliphatic heterocycles. The van der Waals surface area contributed by atoms with Gasteiger partial charge in [-0.1, -0.05) is 78.9 Å². The molecule has 2 saturated heterocycles. The Labute approximate surface area is 195 Å². The summed E-state index contributed by atoms with van der Waals surface area (Å²) >= 11 is 0. The van der Waals surface area contributed by atoms with Gasteiger partial charge in [0, 0.05) is 30.5 Å². The minimum absolute atomic E-state index is 0.0229. The molecule has 3 heteroatoms. The van der Waals surface area contributed by atoms with Crippen LogP contribution in [0.25, 0.3) is 10.9 Å². The van der Waals surface area contributed by atoms with Gasteiger partial charge in [-0.05, 0) is 28.6 Å². The number of nitriles is 1. The number of piperidine rings is 1. The monoisotopic (exact) mass is 432 g/mol. The topological polar surface area (TPSA) is 39.6 Å². The highest BCUT2D eigenvalue weighted by Gasteiger charge is 2.66. The molecule has 4 aromatic rings. The van der Waals surface area contributed by atoms with Crippen molar-refractivity contribution in [2.45, 2.75) is 24.7 Å². The minimum Gasteiger partial charge on any atom is -0.358 e. The van der Waals surface area contributed by atoms with Crippen molar-refractivity contribution in [2.24, 2.45) is 5.41 Å². The fourth-order valence-corrected chi connectivity index (χ4v) is 6.92. The molecule has 0 radical (unpaired) electrons. The van der Waals surface area contributed by atoms with E-state index in [-0.39, 0.29) is 5.41 Å². The first-order chi connectivity index (χ1) is 16.2. The number of nitrogens with one attached hydrogen (secondary N) is 1. The van der Waals surface area contributed by atoms with E-state index >= 15 is 0 Å². The van der Waals surface area contributed by atoms with E-state index in [2.05, 4.69) is 102 Å². The van der Waals surface area contributed by atoms with E-state index in [0.29, 0.717) is 0 Å². The van der Waals surface area contributed by atoms with Gasteiger partial charge in [0.1, 0.15) is 5.41 Å². The number of aromatic nitrogens is 1. The Balaban J connectivity index is 1.34. The zero-order valence-corrected chi connectivity index (χ0v) is 19.0. The Morgan fingerprint density at radius 2 is 1.45 bits per heavy atom. The van der Waals surface area contributed by atoms with Gasteiger partial charge < -0.3 is 9.47 Å². The molecule has 0 saturated carbocycles. The number of fused-ring (bicyclic) bond motifs is 3. The summed E-state index contributed by atoms with van der Waals surface area (Å²) in [4.78, 5) is 3.61. The average molecular weight is 433 g/mol. The number of quaternary nitrogens is 1. The number of aromatic amines is 1. The van der Waals surface area contributed by atoms with Gasteiger partial charge in [-0.15, -0.1) is 0 Å². The number of benzene rings is 3. The third-order valence-electron chi connectivity index (χ3n) is 8.59. The van der Waals surface area contributed by atoms with Gasteiger partial charge in [-0.2, -0.15) is 5.26 Å². The predicted molar refractivity (Wildman–Crippen MR) is 133 cm³/mol. The fourth-order valence-electron chi connectivity index (χ4n) is 6.92. The van der Waals surface area contributed by atoms with Crippen LogP contribution in [-0.4, -0.2) is 35.6 Å². The van der Waals surface area contributed by atoms with Gasteiger partial charge in [0.05, 0.1) is 37.7 Å². The molecule has 33 heavy (non-hydrogen) atoms. The molecule has 1 aromatic heterocycles. The molecule has 3 nitrogen and oxygen atoms in total. The van der Waals surface area contributed by atoms with Crippen LogP contribution in [0, 0.1) is 16.7 Å². The highest BCUT2D eigenvalue weighted by atomic mass is 15.4. The first-order valence-corrected chi connectivity index (χ1v) is 12.1. The predicted octanol–water partition coefficient (Wildman–Crippen LogP) is 5.83. The number of H-pyrrole nitrogens is 1. The van der Waals surface area contributed by atoms with Crippen molar-refractivity contribution >= 4 is 10.9 Å². The second-order valence-electron chi connectivity index (χ2n) is 10.2. The standard InChI is InChI=1S/C30H30N3/c31-22-30(25-10-3-1-4-11-25,26-12-5-2-6-13-26)29-16-19-33(23-29,20-17-29)18-15-27-21-24-9-7-8-14-28(24)32-27/h1-14,21,32H,15-20,23H2/q+1. The van der Waals surface area contributed by atoms with Crippen LogP contribution in [0.3, 0.4) is 0 Å². The lowest BCUT2D eigenvalue weighted by atomic mass is 9.56. The van der Waals surface area contributed by atoms with Crippen molar-refractivity contribution in [3.63, 3.8) is 0 Å². The van der Waals surface area contributed by atoms with Crippen LogP contribution < -0.4 is 0 Å².